The molecule has 2 aromatic rings. The van der Waals surface area contributed by atoms with Crippen LogP contribution in [0.4, 0.5) is 0 Å². The quantitative estimate of drug-likeness (QED) is 0.773. The van der Waals surface area contributed by atoms with E-state index in [0.717, 1.165) is 5.52 Å². The van der Waals surface area contributed by atoms with Crippen molar-refractivity contribution < 1.29 is 0 Å². The molecule has 0 aliphatic rings. The molecule has 0 saturated carbocycles. The number of para-hydroxylation sites is 1. The highest BCUT2D eigenvalue weighted by atomic mass is 32.2. The Hall–Kier alpha value is -0.960. The van der Waals surface area contributed by atoms with Gasteiger partial charge >= 0.3 is 0 Å². The number of benzene rings is 1. The third-order valence-electron chi connectivity index (χ3n) is 2.91. The molecule has 0 aliphatic heterocycles. The van der Waals surface area contributed by atoms with E-state index in [4.69, 9.17) is 0 Å². The van der Waals surface area contributed by atoms with Crippen molar-refractivity contribution in [1.29, 1.82) is 0 Å². The first-order chi connectivity index (χ1) is 7.06. The zero-order valence-corrected chi connectivity index (χ0v) is 10.4. The van der Waals surface area contributed by atoms with E-state index >= 15 is 0 Å². The predicted molar refractivity (Wildman–Crippen MR) is 67.3 cm³/mol. The first-order valence-corrected chi connectivity index (χ1v) is 6.24. The SMILES string of the molecule is CSC(C)(C)c1cccc2c1ncn2C. The van der Waals surface area contributed by atoms with Gasteiger partial charge in [-0.15, -0.1) is 0 Å². The Labute approximate surface area is 94.7 Å². The molecule has 1 aromatic carbocycles. The summed E-state index contributed by atoms with van der Waals surface area (Å²) in [6.07, 6.45) is 4.02. The number of thioether (sulfide) groups is 1. The molecular weight excluding hydrogens is 204 g/mol. The van der Waals surface area contributed by atoms with Crippen molar-refractivity contribution in [2.75, 3.05) is 6.26 Å². The Balaban J connectivity index is 2.71. The van der Waals surface area contributed by atoms with Crippen LogP contribution in [-0.2, 0) is 11.8 Å². The summed E-state index contributed by atoms with van der Waals surface area (Å²) in [6, 6.07) is 6.39. The van der Waals surface area contributed by atoms with Crippen LogP contribution in [0.15, 0.2) is 24.5 Å². The summed E-state index contributed by atoms with van der Waals surface area (Å²) >= 11 is 1.86. The highest BCUT2D eigenvalue weighted by molar-refractivity contribution is 7.99. The van der Waals surface area contributed by atoms with Gasteiger partial charge in [0.05, 0.1) is 17.4 Å². The lowest BCUT2D eigenvalue weighted by Crippen LogP contribution is -2.11. The molecule has 0 aliphatic carbocycles. The number of fused-ring (bicyclic) bond motifs is 1. The maximum absolute atomic E-state index is 4.48. The monoisotopic (exact) mass is 220 g/mol. The highest BCUT2D eigenvalue weighted by Crippen LogP contribution is 2.36. The van der Waals surface area contributed by atoms with Crippen LogP contribution in [0.2, 0.25) is 0 Å². The molecule has 2 nitrogen and oxygen atoms in total. The van der Waals surface area contributed by atoms with Crippen LogP contribution in [0, 0.1) is 0 Å². The molecule has 15 heavy (non-hydrogen) atoms. The molecule has 0 spiro atoms. The van der Waals surface area contributed by atoms with Crippen molar-refractivity contribution >= 4 is 22.8 Å². The lowest BCUT2D eigenvalue weighted by Gasteiger charge is -2.22. The second kappa shape index (κ2) is 3.56. The van der Waals surface area contributed by atoms with Gasteiger partial charge < -0.3 is 4.57 Å². The van der Waals surface area contributed by atoms with Crippen molar-refractivity contribution in [1.82, 2.24) is 9.55 Å². The van der Waals surface area contributed by atoms with Crippen molar-refractivity contribution in [2.45, 2.75) is 18.6 Å². The summed E-state index contributed by atoms with van der Waals surface area (Å²) in [6.45, 7) is 4.47. The van der Waals surface area contributed by atoms with Gasteiger partial charge in [-0.05, 0) is 31.7 Å². The van der Waals surface area contributed by atoms with Crippen molar-refractivity contribution in [3.8, 4) is 0 Å². The van der Waals surface area contributed by atoms with Crippen LogP contribution in [0.1, 0.15) is 19.4 Å². The molecule has 0 atom stereocenters. The molecule has 0 radical (unpaired) electrons. The van der Waals surface area contributed by atoms with Crippen LogP contribution >= 0.6 is 11.8 Å². The molecule has 0 saturated heterocycles. The van der Waals surface area contributed by atoms with Crippen LogP contribution in [0.25, 0.3) is 11.0 Å². The number of hydrogen-bond acceptors (Lipinski definition) is 2. The van der Waals surface area contributed by atoms with Gasteiger partial charge in [0, 0.05) is 11.8 Å². The van der Waals surface area contributed by atoms with Crippen LogP contribution < -0.4 is 0 Å². The Morgan fingerprint density at radius 1 is 1.33 bits per heavy atom. The third kappa shape index (κ3) is 1.65. The Kier molecular flexibility index (Phi) is 2.51. The van der Waals surface area contributed by atoms with Crippen molar-refractivity contribution in [3.63, 3.8) is 0 Å². The summed E-state index contributed by atoms with van der Waals surface area (Å²) in [4.78, 5) is 4.48. The molecule has 2 rings (SSSR count). The van der Waals surface area contributed by atoms with E-state index in [-0.39, 0.29) is 4.75 Å². The maximum atomic E-state index is 4.48. The molecule has 0 N–H and O–H groups in total. The minimum Gasteiger partial charge on any atom is -0.334 e. The Morgan fingerprint density at radius 3 is 2.73 bits per heavy atom. The number of aryl methyl sites for hydroxylation is 1. The standard InChI is InChI=1S/C12H16N2S/c1-12(2,15-4)9-6-5-7-10-11(9)13-8-14(10)3/h5-8H,1-4H3. The first-order valence-electron chi connectivity index (χ1n) is 5.02. The Morgan fingerprint density at radius 2 is 2.07 bits per heavy atom. The second-order valence-electron chi connectivity index (χ2n) is 4.24. The topological polar surface area (TPSA) is 17.8 Å². The minimum absolute atomic E-state index is 0.119. The molecule has 1 heterocycles. The van der Waals surface area contributed by atoms with E-state index in [9.17, 15) is 0 Å². The molecule has 1 aromatic heterocycles. The van der Waals surface area contributed by atoms with Gasteiger partial charge in [-0.25, -0.2) is 4.98 Å². The van der Waals surface area contributed by atoms with Gasteiger partial charge in [-0.2, -0.15) is 11.8 Å². The highest BCUT2D eigenvalue weighted by Gasteiger charge is 2.22. The molecule has 3 heteroatoms. The average Bonchev–Trinajstić information content (AvgIpc) is 2.60. The fraction of sp³-hybridized carbons (Fsp3) is 0.417. The van der Waals surface area contributed by atoms with E-state index in [2.05, 4.69) is 47.9 Å². The van der Waals surface area contributed by atoms with Gasteiger partial charge in [0.25, 0.3) is 0 Å². The van der Waals surface area contributed by atoms with Gasteiger partial charge in [-0.1, -0.05) is 12.1 Å². The largest absolute Gasteiger partial charge is 0.334 e. The number of nitrogens with zero attached hydrogens (tertiary/aromatic N) is 2. The smallest absolute Gasteiger partial charge is 0.0955 e. The van der Waals surface area contributed by atoms with E-state index in [1.807, 2.05) is 25.1 Å². The number of hydrogen-bond donors (Lipinski definition) is 0. The fourth-order valence-electron chi connectivity index (χ4n) is 1.75. The number of rotatable bonds is 2. The zero-order chi connectivity index (χ0) is 11.1. The molecule has 0 fully saturated rings. The molecule has 0 bridgehead atoms. The van der Waals surface area contributed by atoms with Crippen molar-refractivity contribution in [3.05, 3.63) is 30.1 Å². The first kappa shape index (κ1) is 10.6. The number of imidazole rings is 1. The van der Waals surface area contributed by atoms with Crippen LogP contribution in [0.3, 0.4) is 0 Å². The maximum Gasteiger partial charge on any atom is 0.0955 e. The van der Waals surface area contributed by atoms with E-state index in [0.29, 0.717) is 0 Å². The summed E-state index contributed by atoms with van der Waals surface area (Å²) in [5.74, 6) is 0. The minimum atomic E-state index is 0.119. The lowest BCUT2D eigenvalue weighted by atomic mass is 10.0. The molecule has 80 valence electrons. The van der Waals surface area contributed by atoms with Gasteiger partial charge in [0.2, 0.25) is 0 Å². The van der Waals surface area contributed by atoms with E-state index < -0.39 is 0 Å². The summed E-state index contributed by atoms with van der Waals surface area (Å²) in [5.41, 5.74) is 3.64. The molecule has 0 amide bonds. The fourth-order valence-corrected chi connectivity index (χ4v) is 2.14. The second-order valence-corrected chi connectivity index (χ2v) is 5.67. The summed E-state index contributed by atoms with van der Waals surface area (Å²) < 4.78 is 2.18. The van der Waals surface area contributed by atoms with Gasteiger partial charge in [0.1, 0.15) is 0 Å². The Bertz CT molecular complexity index is 485. The normalized spacial score (nSPS) is 12.3. The predicted octanol–water partition coefficient (Wildman–Crippen LogP) is 3.17. The molecular formula is C12H16N2S. The van der Waals surface area contributed by atoms with E-state index in [1.165, 1.54) is 11.1 Å². The summed E-state index contributed by atoms with van der Waals surface area (Å²) in [5, 5.41) is 0. The lowest BCUT2D eigenvalue weighted by molar-refractivity contribution is 0.791. The van der Waals surface area contributed by atoms with Crippen LogP contribution in [0.5, 0.6) is 0 Å². The van der Waals surface area contributed by atoms with Gasteiger partial charge in [0.15, 0.2) is 0 Å². The van der Waals surface area contributed by atoms with E-state index in [1.54, 1.807) is 0 Å². The molecule has 0 unspecified atom stereocenters. The van der Waals surface area contributed by atoms with Crippen molar-refractivity contribution in [2.24, 2.45) is 7.05 Å². The average molecular weight is 220 g/mol. The van der Waals surface area contributed by atoms with Crippen LogP contribution in [-0.4, -0.2) is 15.8 Å². The number of aromatic nitrogens is 2. The zero-order valence-electron chi connectivity index (χ0n) is 9.61. The van der Waals surface area contributed by atoms with Gasteiger partial charge in [-0.3, -0.25) is 0 Å². The summed E-state index contributed by atoms with van der Waals surface area (Å²) in [7, 11) is 2.03. The third-order valence-corrected chi connectivity index (χ3v) is 4.15.